The Hall–Kier alpha value is -4.50. The molecule has 2 aromatic heterocycles. The van der Waals surface area contributed by atoms with E-state index in [1.165, 1.54) is 0 Å². The third kappa shape index (κ3) is 6.53. The van der Waals surface area contributed by atoms with Gasteiger partial charge in [-0.05, 0) is 56.9 Å². The molecule has 2 aromatic carbocycles. The number of rotatable bonds is 5. The second-order valence-corrected chi connectivity index (χ2v) is 12.9. The van der Waals surface area contributed by atoms with Crippen molar-refractivity contribution in [2.24, 2.45) is 5.41 Å². The summed E-state index contributed by atoms with van der Waals surface area (Å²) in [6.07, 6.45) is 6.58. The van der Waals surface area contributed by atoms with Crippen LogP contribution in [-0.4, -0.2) is 57.1 Å². The number of anilines is 3. The Kier molecular flexibility index (Phi) is 7.98. The van der Waals surface area contributed by atoms with Crippen LogP contribution in [0.5, 0.6) is 0 Å². The maximum absolute atomic E-state index is 13.2. The Morgan fingerprint density at radius 3 is 2.43 bits per heavy atom. The Labute approximate surface area is 262 Å². The van der Waals surface area contributed by atoms with Gasteiger partial charge in [0.2, 0.25) is 11.9 Å². The smallest absolute Gasteiger partial charge is 0.410 e. The molecule has 0 atom stereocenters. The van der Waals surface area contributed by atoms with Crippen LogP contribution in [0.2, 0.25) is 5.02 Å². The van der Waals surface area contributed by atoms with E-state index in [-0.39, 0.29) is 17.4 Å². The zero-order valence-electron chi connectivity index (χ0n) is 25.1. The van der Waals surface area contributed by atoms with Crippen LogP contribution in [0.15, 0.2) is 79.3 Å². The van der Waals surface area contributed by atoms with E-state index < -0.39 is 5.60 Å². The molecule has 0 unspecified atom stereocenters. The minimum atomic E-state index is -0.537. The molecule has 4 heterocycles. The molecule has 0 saturated carbocycles. The largest absolute Gasteiger partial charge is 0.444 e. The molecule has 1 spiro atoms. The Balaban J connectivity index is 1.15. The van der Waals surface area contributed by atoms with Gasteiger partial charge >= 0.3 is 6.09 Å². The Morgan fingerprint density at radius 2 is 1.68 bits per heavy atom. The van der Waals surface area contributed by atoms with E-state index in [2.05, 4.69) is 39.6 Å². The first-order valence-corrected chi connectivity index (χ1v) is 15.1. The van der Waals surface area contributed by atoms with Crippen LogP contribution in [0.3, 0.4) is 0 Å². The predicted octanol–water partition coefficient (Wildman–Crippen LogP) is 7.36. The molecule has 0 bridgehead atoms. The van der Waals surface area contributed by atoms with Gasteiger partial charge in [0.05, 0.1) is 40.7 Å². The maximum atomic E-state index is 13.2. The minimum absolute atomic E-state index is 0.0537. The third-order valence-corrected chi connectivity index (χ3v) is 8.35. The van der Waals surface area contributed by atoms with E-state index >= 15 is 0 Å². The number of pyridine rings is 1. The number of hydrogen-bond donors (Lipinski definition) is 1. The normalized spacial score (nSPS) is 16.3. The van der Waals surface area contributed by atoms with Crippen molar-refractivity contribution in [1.29, 1.82) is 0 Å². The molecule has 4 aromatic rings. The van der Waals surface area contributed by atoms with E-state index in [4.69, 9.17) is 21.3 Å². The van der Waals surface area contributed by atoms with Gasteiger partial charge in [0.25, 0.3) is 0 Å². The van der Waals surface area contributed by atoms with Crippen LogP contribution in [-0.2, 0) is 9.53 Å². The van der Waals surface area contributed by atoms with Gasteiger partial charge in [0, 0.05) is 37.0 Å². The lowest BCUT2D eigenvalue weighted by atomic mass is 9.78. The molecule has 2 aliphatic heterocycles. The van der Waals surface area contributed by atoms with Crippen molar-refractivity contribution in [3.8, 4) is 22.4 Å². The summed E-state index contributed by atoms with van der Waals surface area (Å²) in [6, 6.07) is 20.1. The summed E-state index contributed by atoms with van der Waals surface area (Å²) in [5.41, 5.74) is 4.30. The molecule has 0 aliphatic carbocycles. The number of aromatic nitrogens is 3. The van der Waals surface area contributed by atoms with Crippen LogP contribution in [0.4, 0.5) is 22.1 Å². The van der Waals surface area contributed by atoms with Gasteiger partial charge in [-0.2, -0.15) is 0 Å². The summed E-state index contributed by atoms with van der Waals surface area (Å²) in [4.78, 5) is 42.8. The average Bonchev–Trinajstić information content (AvgIpc) is 3.33. The van der Waals surface area contributed by atoms with Crippen molar-refractivity contribution in [3.63, 3.8) is 0 Å². The highest BCUT2D eigenvalue weighted by Gasteiger charge is 2.46. The van der Waals surface area contributed by atoms with E-state index in [9.17, 15) is 9.59 Å². The number of piperidine rings is 1. The molecule has 44 heavy (non-hydrogen) atoms. The fraction of sp³-hybridized carbons (Fsp3) is 0.324. The van der Waals surface area contributed by atoms with Crippen LogP contribution < -0.4 is 10.2 Å². The van der Waals surface area contributed by atoms with Gasteiger partial charge in [-0.25, -0.2) is 14.8 Å². The lowest BCUT2D eigenvalue weighted by Gasteiger charge is -2.39. The molecule has 1 N–H and O–H groups in total. The van der Waals surface area contributed by atoms with E-state index in [0.717, 1.165) is 29.5 Å². The average molecular weight is 611 g/mol. The van der Waals surface area contributed by atoms with Crippen molar-refractivity contribution in [1.82, 2.24) is 19.9 Å². The molecule has 6 rings (SSSR count). The maximum Gasteiger partial charge on any atom is 0.410 e. The van der Waals surface area contributed by atoms with Crippen LogP contribution >= 0.6 is 11.6 Å². The molecule has 2 amide bonds. The number of amides is 2. The Morgan fingerprint density at radius 1 is 0.955 bits per heavy atom. The standard InChI is InChI=1S/C34H35ClN6O3/c1-33(2,3)44-32(43)40-14-12-34(13-15-40)18-29(42)41(22-34)27-17-26(19-36-20-27)38-31-37-21-28(35)30(39-31)25-11-7-10-24(16-25)23-8-5-4-6-9-23/h4-11,16-17,19-21H,12-15,18,22H2,1-3H3,(H,37,38,39). The van der Waals surface area contributed by atoms with Crippen molar-refractivity contribution in [2.45, 2.75) is 45.6 Å². The summed E-state index contributed by atoms with van der Waals surface area (Å²) in [7, 11) is 0. The van der Waals surface area contributed by atoms with Gasteiger partial charge < -0.3 is 19.9 Å². The Bertz CT molecular complexity index is 1680. The number of ether oxygens (including phenoxy) is 1. The number of hydrogen-bond acceptors (Lipinski definition) is 7. The molecule has 226 valence electrons. The molecule has 9 nitrogen and oxygen atoms in total. The lowest BCUT2D eigenvalue weighted by Crippen LogP contribution is -2.46. The monoisotopic (exact) mass is 610 g/mol. The quantitative estimate of drug-likeness (QED) is 0.252. The van der Waals surface area contributed by atoms with Crippen LogP contribution in [0.25, 0.3) is 22.4 Å². The summed E-state index contributed by atoms with van der Waals surface area (Å²) in [5.74, 6) is 0.421. The number of benzene rings is 2. The second-order valence-electron chi connectivity index (χ2n) is 12.5. The highest BCUT2D eigenvalue weighted by Crippen LogP contribution is 2.43. The van der Waals surface area contributed by atoms with Gasteiger partial charge in [-0.15, -0.1) is 0 Å². The number of likely N-dealkylation sites (tertiary alicyclic amines) is 1. The number of carbonyl (C=O) groups is 2. The number of carbonyl (C=O) groups excluding carboxylic acids is 2. The number of nitrogens with zero attached hydrogens (tertiary/aromatic N) is 5. The minimum Gasteiger partial charge on any atom is -0.444 e. The second kappa shape index (κ2) is 11.9. The molecular formula is C34H35ClN6O3. The highest BCUT2D eigenvalue weighted by molar-refractivity contribution is 6.33. The highest BCUT2D eigenvalue weighted by atomic mass is 35.5. The van der Waals surface area contributed by atoms with Gasteiger partial charge in [0.15, 0.2) is 0 Å². The number of nitrogens with one attached hydrogen (secondary N) is 1. The molecule has 2 fully saturated rings. The van der Waals surface area contributed by atoms with Gasteiger partial charge in [0.1, 0.15) is 5.60 Å². The lowest BCUT2D eigenvalue weighted by molar-refractivity contribution is -0.118. The first-order valence-electron chi connectivity index (χ1n) is 14.8. The zero-order chi connectivity index (χ0) is 30.9. The van der Waals surface area contributed by atoms with E-state index in [1.54, 1.807) is 28.4 Å². The number of halogens is 1. The van der Waals surface area contributed by atoms with Crippen molar-refractivity contribution in [2.75, 3.05) is 29.9 Å². The third-order valence-electron chi connectivity index (χ3n) is 8.08. The molecular weight excluding hydrogens is 576 g/mol. The summed E-state index contributed by atoms with van der Waals surface area (Å²) >= 11 is 6.55. The fourth-order valence-corrected chi connectivity index (χ4v) is 6.04. The van der Waals surface area contributed by atoms with Gasteiger partial charge in [-0.3, -0.25) is 9.78 Å². The summed E-state index contributed by atoms with van der Waals surface area (Å²) < 4.78 is 5.54. The molecule has 0 radical (unpaired) electrons. The van der Waals surface area contributed by atoms with Crippen molar-refractivity contribution >= 4 is 40.9 Å². The van der Waals surface area contributed by atoms with Crippen LogP contribution in [0, 0.1) is 5.41 Å². The summed E-state index contributed by atoms with van der Waals surface area (Å²) in [6.45, 7) is 7.32. The molecule has 2 saturated heterocycles. The predicted molar refractivity (Wildman–Crippen MR) is 172 cm³/mol. The zero-order valence-corrected chi connectivity index (χ0v) is 25.8. The molecule has 10 heteroatoms. The SMILES string of the molecule is CC(C)(C)OC(=O)N1CCC2(CC1)CC(=O)N(c1cncc(Nc3ncc(Cl)c(-c4cccc(-c5ccccc5)c4)n3)c1)C2. The molecule has 2 aliphatic rings. The van der Waals surface area contributed by atoms with Gasteiger partial charge in [-0.1, -0.05) is 60.1 Å². The first kappa shape index (κ1) is 29.6. The van der Waals surface area contributed by atoms with Crippen LogP contribution in [0.1, 0.15) is 40.0 Å². The van der Waals surface area contributed by atoms with E-state index in [1.807, 2.05) is 57.2 Å². The fourth-order valence-electron chi connectivity index (χ4n) is 5.84. The topological polar surface area (TPSA) is 101 Å². The summed E-state index contributed by atoms with van der Waals surface area (Å²) in [5, 5.41) is 3.68. The van der Waals surface area contributed by atoms with E-state index in [0.29, 0.717) is 54.1 Å². The van der Waals surface area contributed by atoms with Crippen molar-refractivity contribution < 1.29 is 14.3 Å². The van der Waals surface area contributed by atoms with Crippen molar-refractivity contribution in [3.05, 3.63) is 84.3 Å². The first-order chi connectivity index (χ1) is 21.1.